The van der Waals surface area contributed by atoms with Crippen LogP contribution in [0.15, 0.2) is 79.0 Å². The van der Waals surface area contributed by atoms with Crippen molar-refractivity contribution < 1.29 is 13.9 Å². The summed E-state index contributed by atoms with van der Waals surface area (Å²) in [6.07, 6.45) is 1.51. The Labute approximate surface area is 193 Å². The highest BCUT2D eigenvalue weighted by Gasteiger charge is 2.15. The second kappa shape index (κ2) is 9.55. The van der Waals surface area contributed by atoms with Gasteiger partial charge in [-0.1, -0.05) is 30.3 Å². The number of fused-ring (bicyclic) bond motifs is 1. The van der Waals surface area contributed by atoms with Crippen LogP contribution >= 0.6 is 0 Å². The molecule has 0 aliphatic rings. The predicted molar refractivity (Wildman–Crippen MR) is 124 cm³/mol. The number of amides is 1. The van der Waals surface area contributed by atoms with Gasteiger partial charge in [0.2, 0.25) is 5.65 Å². The van der Waals surface area contributed by atoms with Crippen molar-refractivity contribution >= 4 is 22.8 Å². The molecule has 0 fully saturated rings. The van der Waals surface area contributed by atoms with Crippen molar-refractivity contribution in [1.82, 2.24) is 25.4 Å². The number of hydrogen-bond acceptors (Lipinski definition) is 6. The number of pyridine rings is 2. The summed E-state index contributed by atoms with van der Waals surface area (Å²) in [6, 6.07) is 21.0. The highest BCUT2D eigenvalue weighted by Crippen LogP contribution is 2.23. The molecule has 8 nitrogen and oxygen atoms in total. The molecule has 5 aromatic rings. The van der Waals surface area contributed by atoms with Crippen LogP contribution in [0.1, 0.15) is 21.6 Å². The molecule has 0 unspecified atom stereocenters. The lowest BCUT2D eigenvalue weighted by atomic mass is 10.1. The molecule has 0 atom stereocenters. The minimum atomic E-state index is -0.636. The first-order chi connectivity index (χ1) is 16.7. The van der Waals surface area contributed by atoms with Crippen LogP contribution in [0.3, 0.4) is 0 Å². The molecule has 0 spiro atoms. The first-order valence-electron chi connectivity index (χ1n) is 10.5. The minimum Gasteiger partial charge on any atom is -0.370 e. The molecule has 0 aliphatic heterocycles. The van der Waals surface area contributed by atoms with Crippen LogP contribution in [-0.4, -0.2) is 31.3 Å². The van der Waals surface area contributed by atoms with E-state index in [-0.39, 0.29) is 5.56 Å². The Balaban J connectivity index is 1.25. The summed E-state index contributed by atoms with van der Waals surface area (Å²) in [6.45, 7) is 0.817. The Morgan fingerprint density at radius 2 is 1.85 bits per heavy atom. The average molecular weight is 454 g/mol. The summed E-state index contributed by atoms with van der Waals surface area (Å²) >= 11 is 0. The van der Waals surface area contributed by atoms with Crippen LogP contribution in [0, 0.1) is 5.82 Å². The molecule has 5 rings (SSSR count). The van der Waals surface area contributed by atoms with E-state index in [1.165, 1.54) is 18.3 Å². The van der Waals surface area contributed by atoms with E-state index < -0.39 is 11.7 Å². The number of carbonyl (C=O) groups excluding carboxylic acids is 1. The SMILES string of the molecule is O=C(Nc1ccc(COCc2ccccc2)nc1)c1cc(-c2ccc3n[nH]nc3n2)ccc1F. The van der Waals surface area contributed by atoms with E-state index >= 15 is 0 Å². The summed E-state index contributed by atoms with van der Waals surface area (Å²) in [5, 5.41) is 13.1. The van der Waals surface area contributed by atoms with Gasteiger partial charge in [-0.25, -0.2) is 9.37 Å². The van der Waals surface area contributed by atoms with Crippen LogP contribution in [-0.2, 0) is 18.0 Å². The van der Waals surface area contributed by atoms with Crippen LogP contribution in [0.5, 0.6) is 0 Å². The third-order valence-electron chi connectivity index (χ3n) is 5.13. The first kappa shape index (κ1) is 21.4. The van der Waals surface area contributed by atoms with E-state index in [0.29, 0.717) is 41.3 Å². The molecule has 9 heteroatoms. The zero-order valence-corrected chi connectivity index (χ0v) is 17.9. The number of aromatic amines is 1. The lowest BCUT2D eigenvalue weighted by Gasteiger charge is -2.09. The smallest absolute Gasteiger partial charge is 0.258 e. The standard InChI is InChI=1S/C25H19FN6O2/c26-21-9-6-17(22-10-11-23-24(29-22)31-32-30-23)12-20(21)25(33)28-18-7-8-19(27-13-18)15-34-14-16-4-2-1-3-5-16/h1-13H,14-15H2,(H,28,33)(H,29,30,31,32). The maximum absolute atomic E-state index is 14.4. The molecule has 0 saturated carbocycles. The number of halogens is 1. The molecule has 168 valence electrons. The van der Waals surface area contributed by atoms with E-state index in [2.05, 4.69) is 30.7 Å². The number of ether oxygens (including phenoxy) is 1. The molecule has 0 saturated heterocycles. The van der Waals surface area contributed by atoms with E-state index in [9.17, 15) is 9.18 Å². The van der Waals surface area contributed by atoms with E-state index in [1.54, 1.807) is 30.3 Å². The molecule has 2 N–H and O–H groups in total. The molecule has 0 aliphatic carbocycles. The van der Waals surface area contributed by atoms with Crippen molar-refractivity contribution in [3.8, 4) is 11.3 Å². The Morgan fingerprint density at radius 3 is 2.68 bits per heavy atom. The third-order valence-corrected chi connectivity index (χ3v) is 5.13. The second-order valence-corrected chi connectivity index (χ2v) is 7.53. The maximum Gasteiger partial charge on any atom is 0.258 e. The third kappa shape index (κ3) is 4.79. The zero-order valence-electron chi connectivity index (χ0n) is 17.9. The lowest BCUT2D eigenvalue weighted by molar-refractivity contribution is 0.102. The van der Waals surface area contributed by atoms with Crippen molar-refractivity contribution in [3.05, 3.63) is 102 Å². The van der Waals surface area contributed by atoms with Gasteiger partial charge in [0.15, 0.2) is 0 Å². The average Bonchev–Trinajstić information content (AvgIpc) is 3.34. The van der Waals surface area contributed by atoms with E-state index in [4.69, 9.17) is 4.74 Å². The lowest BCUT2D eigenvalue weighted by Crippen LogP contribution is -2.14. The topological polar surface area (TPSA) is 106 Å². The van der Waals surface area contributed by atoms with E-state index in [0.717, 1.165) is 11.3 Å². The fourth-order valence-corrected chi connectivity index (χ4v) is 3.39. The summed E-state index contributed by atoms with van der Waals surface area (Å²) in [7, 11) is 0. The molecule has 3 aromatic heterocycles. The van der Waals surface area contributed by atoms with Crippen molar-refractivity contribution in [2.45, 2.75) is 13.2 Å². The van der Waals surface area contributed by atoms with Gasteiger partial charge in [-0.15, -0.1) is 5.10 Å². The van der Waals surface area contributed by atoms with Gasteiger partial charge in [-0.2, -0.15) is 10.3 Å². The van der Waals surface area contributed by atoms with Crippen LogP contribution in [0.4, 0.5) is 10.1 Å². The highest BCUT2D eigenvalue weighted by molar-refractivity contribution is 6.05. The quantitative estimate of drug-likeness (QED) is 0.375. The summed E-state index contributed by atoms with van der Waals surface area (Å²) in [4.78, 5) is 21.5. The molecule has 0 bridgehead atoms. The van der Waals surface area contributed by atoms with Gasteiger partial charge in [0.25, 0.3) is 5.91 Å². The first-order valence-corrected chi connectivity index (χ1v) is 10.5. The van der Waals surface area contributed by atoms with Crippen molar-refractivity contribution in [1.29, 1.82) is 0 Å². The van der Waals surface area contributed by atoms with Gasteiger partial charge < -0.3 is 10.1 Å². The fraction of sp³-hybridized carbons (Fsp3) is 0.0800. The van der Waals surface area contributed by atoms with Gasteiger partial charge >= 0.3 is 0 Å². The summed E-state index contributed by atoms with van der Waals surface area (Å²) < 4.78 is 20.1. The van der Waals surface area contributed by atoms with Crippen LogP contribution in [0.2, 0.25) is 0 Å². The Hall–Kier alpha value is -4.50. The number of benzene rings is 2. The van der Waals surface area contributed by atoms with Gasteiger partial charge in [-0.3, -0.25) is 9.78 Å². The largest absolute Gasteiger partial charge is 0.370 e. The molecular formula is C25H19FN6O2. The molecule has 34 heavy (non-hydrogen) atoms. The molecule has 1 amide bonds. The van der Waals surface area contributed by atoms with Crippen LogP contribution in [0.25, 0.3) is 22.4 Å². The zero-order chi connectivity index (χ0) is 23.3. The maximum atomic E-state index is 14.4. The number of nitrogens with one attached hydrogen (secondary N) is 2. The number of nitrogens with zero attached hydrogens (tertiary/aromatic N) is 4. The molecule has 3 heterocycles. The van der Waals surface area contributed by atoms with E-state index in [1.807, 2.05) is 30.3 Å². The van der Waals surface area contributed by atoms with Gasteiger partial charge in [0.05, 0.1) is 42.0 Å². The summed E-state index contributed by atoms with van der Waals surface area (Å²) in [5.41, 5.74) is 4.33. The van der Waals surface area contributed by atoms with Gasteiger partial charge in [-0.05, 0) is 48.0 Å². The monoisotopic (exact) mass is 454 g/mol. The fourth-order valence-electron chi connectivity index (χ4n) is 3.39. The van der Waals surface area contributed by atoms with Crippen LogP contribution < -0.4 is 5.32 Å². The normalized spacial score (nSPS) is 11.0. The summed E-state index contributed by atoms with van der Waals surface area (Å²) in [5.74, 6) is -1.22. The number of hydrogen-bond donors (Lipinski definition) is 2. The van der Waals surface area contributed by atoms with Gasteiger partial charge in [0, 0.05) is 5.56 Å². The number of aromatic nitrogens is 5. The second-order valence-electron chi connectivity index (χ2n) is 7.53. The Bertz CT molecular complexity index is 1440. The Morgan fingerprint density at radius 1 is 0.971 bits per heavy atom. The highest BCUT2D eigenvalue weighted by atomic mass is 19.1. The molecule has 2 aromatic carbocycles. The van der Waals surface area contributed by atoms with Crippen molar-refractivity contribution in [3.63, 3.8) is 0 Å². The predicted octanol–water partition coefficient (Wildman–Crippen LogP) is 4.52. The van der Waals surface area contributed by atoms with Crippen molar-refractivity contribution in [2.24, 2.45) is 0 Å². The van der Waals surface area contributed by atoms with Gasteiger partial charge in [0.1, 0.15) is 11.3 Å². The molecule has 0 radical (unpaired) electrons. The number of carbonyl (C=O) groups is 1. The Kier molecular flexibility index (Phi) is 6.00. The number of H-pyrrole nitrogens is 1. The van der Waals surface area contributed by atoms with Crippen molar-refractivity contribution in [2.75, 3.05) is 5.32 Å². The number of rotatable bonds is 7. The minimum absolute atomic E-state index is 0.102. The number of anilines is 1. The molecular weight excluding hydrogens is 435 g/mol.